The van der Waals surface area contributed by atoms with Crippen LogP contribution in [0.5, 0.6) is 0 Å². The van der Waals surface area contributed by atoms with Gasteiger partial charge in [0.25, 0.3) is 0 Å². The average molecular weight is 942 g/mol. The largest absolute Gasteiger partial charge is 0.363 e. The summed E-state index contributed by atoms with van der Waals surface area (Å²) in [5.74, 6) is -1.57. The zero-order valence-corrected chi connectivity index (χ0v) is 34.4. The van der Waals surface area contributed by atoms with Crippen molar-refractivity contribution in [1.82, 2.24) is 0 Å². The quantitative estimate of drug-likeness (QED) is 0.115. The second-order valence-electron chi connectivity index (χ2n) is 13.1. The Balaban J connectivity index is 1.06. The molecule has 0 saturated heterocycles. The first-order chi connectivity index (χ1) is 25.2. The second kappa shape index (κ2) is 16.5. The van der Waals surface area contributed by atoms with Crippen molar-refractivity contribution in [2.24, 2.45) is 0 Å². The summed E-state index contributed by atoms with van der Waals surface area (Å²) in [5, 5.41) is 0. The molecule has 52 heavy (non-hydrogen) atoms. The zero-order chi connectivity index (χ0) is 36.2. The number of halogens is 4. The van der Waals surface area contributed by atoms with Gasteiger partial charge in [0.1, 0.15) is 11.8 Å². The van der Waals surface area contributed by atoms with Gasteiger partial charge in [-0.25, -0.2) is 0 Å². The van der Waals surface area contributed by atoms with Crippen LogP contribution in [-0.4, -0.2) is 11.6 Å². The minimum absolute atomic E-state index is 0.0475. The topological polar surface area (TPSA) is 40.6 Å². The number of Topliss-reactive ketones (excluding diaryl/α,β-unsaturated/α-hetero) is 2. The highest BCUT2D eigenvalue weighted by Gasteiger charge is 2.50. The molecule has 0 atom stereocenters. The lowest BCUT2D eigenvalue weighted by Crippen LogP contribution is -2.44. The van der Waals surface area contributed by atoms with Gasteiger partial charge in [0.2, 0.25) is 0 Å². The molecule has 0 aliphatic heterocycles. The van der Waals surface area contributed by atoms with Gasteiger partial charge in [0, 0.05) is 55.4 Å². The lowest BCUT2D eigenvalue weighted by molar-refractivity contribution is -0.142. The summed E-state index contributed by atoms with van der Waals surface area (Å²) in [4.78, 5) is 31.9. The first kappa shape index (κ1) is 36.5. The molecule has 0 unspecified atom stereocenters. The van der Waals surface area contributed by atoms with E-state index in [9.17, 15) is 9.59 Å². The van der Waals surface area contributed by atoms with Crippen LogP contribution in [0.1, 0.15) is 45.2 Å². The Morgan fingerprint density at radius 2 is 0.577 bits per heavy atom. The molecule has 4 nitrogen and oxygen atoms in total. The van der Waals surface area contributed by atoms with E-state index in [1.807, 2.05) is 48.5 Å². The first-order valence-corrected chi connectivity index (χ1v) is 20.1. The number of rotatable bonds is 12. The number of benzene rings is 6. The predicted molar refractivity (Wildman–Crippen MR) is 225 cm³/mol. The Kier molecular flexibility index (Phi) is 11.6. The minimum atomic E-state index is -0.739. The molecule has 1 fully saturated rings. The Morgan fingerprint density at radius 1 is 0.346 bits per heavy atom. The van der Waals surface area contributed by atoms with Crippen LogP contribution < -0.4 is 9.80 Å². The zero-order valence-electron chi connectivity index (χ0n) is 28.1. The fourth-order valence-corrected chi connectivity index (χ4v) is 7.70. The van der Waals surface area contributed by atoms with Crippen LogP contribution in [0.25, 0.3) is 0 Å². The van der Waals surface area contributed by atoms with Gasteiger partial charge in [-0.1, -0.05) is 137 Å². The molecule has 0 amide bonds. The molecule has 7 rings (SSSR count). The molecule has 0 N–H and O–H groups in total. The monoisotopic (exact) mass is 938 g/mol. The van der Waals surface area contributed by atoms with Gasteiger partial charge in [-0.15, -0.1) is 0 Å². The molecule has 8 heteroatoms. The maximum Gasteiger partial charge on any atom is 0.162 e. The molecule has 0 radical (unpaired) electrons. The van der Waals surface area contributed by atoms with Crippen LogP contribution in [0.4, 0.5) is 11.4 Å². The number of anilines is 2. The number of ketones is 2. The third kappa shape index (κ3) is 8.69. The Labute approximate surface area is 338 Å². The van der Waals surface area contributed by atoms with Crippen LogP contribution in [-0.2, 0) is 35.8 Å². The summed E-state index contributed by atoms with van der Waals surface area (Å²) in [6.45, 7) is 2.86. The number of hydrogen-bond donors (Lipinski definition) is 0. The van der Waals surface area contributed by atoms with Gasteiger partial charge in [-0.05, 0) is 106 Å². The maximum absolute atomic E-state index is 13.6. The highest BCUT2D eigenvalue weighted by Crippen LogP contribution is 2.42. The summed E-state index contributed by atoms with van der Waals surface area (Å²) in [7, 11) is 0. The summed E-state index contributed by atoms with van der Waals surface area (Å²) < 4.78 is 4.16. The van der Waals surface area contributed by atoms with Crippen LogP contribution in [0.3, 0.4) is 0 Å². The van der Waals surface area contributed by atoms with E-state index >= 15 is 0 Å². The highest BCUT2D eigenvalue weighted by molar-refractivity contribution is 9.11. The standard InChI is InChI=1S/C44H34Br4N2O2/c45-35-13-1-29(2-14-35)25-49(26-30-3-15-36(46)16-4-30)39-21-9-33(10-22-39)41-43(51)42(44(41)52)34-11-23-40(24-12-34)50(27-31-5-17-37(47)18-6-31)28-32-7-19-38(48)20-8-32/h1-24,41-42H,25-28H2. The van der Waals surface area contributed by atoms with E-state index in [0.717, 1.165) is 40.4 Å². The summed E-state index contributed by atoms with van der Waals surface area (Å²) in [6.07, 6.45) is 0. The van der Waals surface area contributed by atoms with Crippen molar-refractivity contribution >= 4 is 86.7 Å². The number of carbonyl (C=O) groups excluding carboxylic acids is 2. The molecule has 1 aliphatic carbocycles. The summed E-state index contributed by atoms with van der Waals surface area (Å²) in [5.41, 5.74) is 8.29. The molecule has 6 aromatic rings. The molecule has 0 spiro atoms. The molecule has 0 bridgehead atoms. The van der Waals surface area contributed by atoms with Crippen molar-refractivity contribution in [2.45, 2.75) is 38.0 Å². The molecule has 1 saturated carbocycles. The van der Waals surface area contributed by atoms with Crippen LogP contribution in [0.15, 0.2) is 163 Å². The molecular formula is C44H34Br4N2O2. The highest BCUT2D eigenvalue weighted by atomic mass is 79.9. The van der Waals surface area contributed by atoms with Gasteiger partial charge in [-0.3, -0.25) is 9.59 Å². The van der Waals surface area contributed by atoms with Gasteiger partial charge in [0.15, 0.2) is 11.6 Å². The van der Waals surface area contributed by atoms with E-state index in [4.69, 9.17) is 0 Å². The Hall–Kier alpha value is -3.82. The van der Waals surface area contributed by atoms with E-state index in [1.54, 1.807) is 0 Å². The second-order valence-corrected chi connectivity index (χ2v) is 16.7. The van der Waals surface area contributed by atoms with E-state index in [0.29, 0.717) is 26.2 Å². The fraction of sp³-hybridized carbons (Fsp3) is 0.136. The Bertz CT molecular complexity index is 1890. The maximum atomic E-state index is 13.6. The third-order valence-corrected chi connectivity index (χ3v) is 11.6. The van der Waals surface area contributed by atoms with Gasteiger partial charge in [-0.2, -0.15) is 0 Å². The number of hydrogen-bond acceptors (Lipinski definition) is 4. The SMILES string of the molecule is O=C1C(c2ccc(N(Cc3ccc(Br)cc3)Cc3ccc(Br)cc3)cc2)C(=O)C1c1ccc(N(Cc2ccc(Br)cc2)Cc2ccc(Br)cc2)cc1. The molecule has 260 valence electrons. The molecule has 0 aromatic heterocycles. The van der Waals surface area contributed by atoms with Crippen LogP contribution >= 0.6 is 63.7 Å². The smallest absolute Gasteiger partial charge is 0.162 e. The van der Waals surface area contributed by atoms with E-state index in [2.05, 4.69) is 171 Å². The van der Waals surface area contributed by atoms with Gasteiger partial charge >= 0.3 is 0 Å². The molecule has 6 aromatic carbocycles. The van der Waals surface area contributed by atoms with Crippen molar-refractivity contribution in [1.29, 1.82) is 0 Å². The summed E-state index contributed by atoms with van der Waals surface area (Å²) >= 11 is 14.1. The first-order valence-electron chi connectivity index (χ1n) is 17.0. The lowest BCUT2D eigenvalue weighted by atomic mass is 9.66. The number of nitrogens with zero attached hydrogens (tertiary/aromatic N) is 2. The minimum Gasteiger partial charge on any atom is -0.363 e. The van der Waals surface area contributed by atoms with Crippen molar-refractivity contribution in [3.05, 3.63) is 197 Å². The van der Waals surface area contributed by atoms with Crippen molar-refractivity contribution in [3.8, 4) is 0 Å². The average Bonchev–Trinajstić information content (AvgIpc) is 3.15. The molecular weight excluding hydrogens is 908 g/mol. The lowest BCUT2D eigenvalue weighted by Gasteiger charge is -2.33. The van der Waals surface area contributed by atoms with Gasteiger partial charge < -0.3 is 9.80 Å². The van der Waals surface area contributed by atoms with E-state index in [1.165, 1.54) is 22.3 Å². The van der Waals surface area contributed by atoms with Crippen molar-refractivity contribution in [2.75, 3.05) is 9.80 Å². The normalized spacial score (nSPS) is 15.3. The van der Waals surface area contributed by atoms with Gasteiger partial charge in [0.05, 0.1) is 0 Å². The van der Waals surface area contributed by atoms with Crippen molar-refractivity contribution < 1.29 is 9.59 Å². The van der Waals surface area contributed by atoms with E-state index in [-0.39, 0.29) is 11.6 Å². The van der Waals surface area contributed by atoms with Crippen LogP contribution in [0.2, 0.25) is 0 Å². The number of carbonyl (C=O) groups is 2. The molecule has 0 heterocycles. The molecule has 1 aliphatic rings. The predicted octanol–water partition coefficient (Wildman–Crippen LogP) is 12.2. The third-order valence-electron chi connectivity index (χ3n) is 9.47. The Morgan fingerprint density at radius 3 is 0.808 bits per heavy atom. The summed E-state index contributed by atoms with van der Waals surface area (Å²) in [6, 6.07) is 49.2. The fourth-order valence-electron chi connectivity index (χ4n) is 6.65. The van der Waals surface area contributed by atoms with Crippen molar-refractivity contribution in [3.63, 3.8) is 0 Å². The van der Waals surface area contributed by atoms with E-state index < -0.39 is 11.8 Å². The van der Waals surface area contributed by atoms with Crippen LogP contribution in [0, 0.1) is 0 Å².